The van der Waals surface area contributed by atoms with Crippen LogP contribution in [0, 0.1) is 0 Å². The molecular weight excluding hydrogens is 434 g/mol. The first-order chi connectivity index (χ1) is 16.6. The summed E-state index contributed by atoms with van der Waals surface area (Å²) in [5.41, 5.74) is 4.44. The molecule has 9 nitrogen and oxygen atoms in total. The molecule has 0 unspecified atom stereocenters. The standard InChI is InChI=1S/C25H27N5O4/c1-26-10-11-28-25(31)16-7-5-6-15(12-16)18-8-9-27-24-21(18)22(29-30-24)17-13-19(32-2)23(34-4)20(14-17)33-3/h5-9,12-14,26H,10-11H2,1-4H3,(H,28,31)(H,27,29,30). The fraction of sp³-hybridized carbons (Fsp3) is 0.240. The van der Waals surface area contributed by atoms with Gasteiger partial charge in [-0.15, -0.1) is 0 Å². The molecule has 0 fully saturated rings. The van der Waals surface area contributed by atoms with E-state index in [1.165, 1.54) is 0 Å². The Morgan fingerprint density at radius 2 is 1.74 bits per heavy atom. The smallest absolute Gasteiger partial charge is 0.251 e. The molecule has 4 rings (SSSR count). The summed E-state index contributed by atoms with van der Waals surface area (Å²) in [6.07, 6.45) is 1.72. The van der Waals surface area contributed by atoms with Gasteiger partial charge in [-0.25, -0.2) is 4.98 Å². The van der Waals surface area contributed by atoms with Crippen LogP contribution >= 0.6 is 0 Å². The molecule has 0 saturated carbocycles. The van der Waals surface area contributed by atoms with Gasteiger partial charge in [0, 0.05) is 30.4 Å². The Morgan fingerprint density at radius 1 is 0.971 bits per heavy atom. The number of pyridine rings is 1. The zero-order valence-corrected chi connectivity index (χ0v) is 19.6. The van der Waals surface area contributed by atoms with Gasteiger partial charge in [0.05, 0.1) is 26.7 Å². The van der Waals surface area contributed by atoms with Gasteiger partial charge in [-0.2, -0.15) is 5.10 Å². The van der Waals surface area contributed by atoms with Crippen molar-refractivity contribution >= 4 is 16.9 Å². The molecule has 4 aromatic rings. The van der Waals surface area contributed by atoms with E-state index in [4.69, 9.17) is 14.2 Å². The maximum Gasteiger partial charge on any atom is 0.251 e. The average molecular weight is 462 g/mol. The van der Waals surface area contributed by atoms with Crippen molar-refractivity contribution in [2.45, 2.75) is 0 Å². The van der Waals surface area contributed by atoms with Crippen molar-refractivity contribution < 1.29 is 19.0 Å². The summed E-state index contributed by atoms with van der Waals surface area (Å²) in [6.45, 7) is 1.25. The summed E-state index contributed by atoms with van der Waals surface area (Å²) < 4.78 is 16.5. The molecule has 0 aliphatic rings. The van der Waals surface area contributed by atoms with Crippen molar-refractivity contribution in [1.82, 2.24) is 25.8 Å². The summed E-state index contributed by atoms with van der Waals surface area (Å²) in [5.74, 6) is 1.43. The topological polar surface area (TPSA) is 110 Å². The number of H-pyrrole nitrogens is 1. The summed E-state index contributed by atoms with van der Waals surface area (Å²) in [6, 6.07) is 13.1. The fourth-order valence-electron chi connectivity index (χ4n) is 3.85. The highest BCUT2D eigenvalue weighted by molar-refractivity contribution is 6.03. The number of amides is 1. The van der Waals surface area contributed by atoms with E-state index < -0.39 is 0 Å². The van der Waals surface area contributed by atoms with Crippen molar-refractivity contribution in [3.8, 4) is 39.6 Å². The lowest BCUT2D eigenvalue weighted by Gasteiger charge is -2.14. The number of aromatic nitrogens is 3. The van der Waals surface area contributed by atoms with Crippen LogP contribution in [0.4, 0.5) is 0 Å². The molecule has 0 aliphatic heterocycles. The number of fused-ring (bicyclic) bond motifs is 1. The third-order valence-electron chi connectivity index (χ3n) is 5.50. The normalized spacial score (nSPS) is 10.8. The van der Waals surface area contributed by atoms with E-state index in [1.807, 2.05) is 43.4 Å². The van der Waals surface area contributed by atoms with Crippen LogP contribution in [0.25, 0.3) is 33.4 Å². The predicted octanol–water partition coefficient (Wildman–Crippen LogP) is 3.27. The number of carbonyl (C=O) groups excluding carboxylic acids is 1. The van der Waals surface area contributed by atoms with Crippen LogP contribution in [0.1, 0.15) is 10.4 Å². The van der Waals surface area contributed by atoms with Gasteiger partial charge in [0.1, 0.15) is 5.69 Å². The molecule has 3 N–H and O–H groups in total. The number of aromatic amines is 1. The molecule has 9 heteroatoms. The zero-order valence-electron chi connectivity index (χ0n) is 19.6. The quantitative estimate of drug-likeness (QED) is 0.328. The molecule has 0 spiro atoms. The first-order valence-electron chi connectivity index (χ1n) is 10.8. The molecule has 2 aromatic heterocycles. The van der Waals surface area contributed by atoms with E-state index in [1.54, 1.807) is 33.6 Å². The van der Waals surface area contributed by atoms with Gasteiger partial charge in [0.2, 0.25) is 5.75 Å². The van der Waals surface area contributed by atoms with Gasteiger partial charge in [-0.3, -0.25) is 9.89 Å². The molecule has 0 radical (unpaired) electrons. The zero-order chi connectivity index (χ0) is 24.1. The molecular formula is C25H27N5O4. The minimum Gasteiger partial charge on any atom is -0.493 e. The maximum atomic E-state index is 12.6. The number of rotatable bonds is 9. The van der Waals surface area contributed by atoms with E-state index in [0.717, 1.165) is 22.1 Å². The molecule has 2 aromatic carbocycles. The van der Waals surface area contributed by atoms with Gasteiger partial charge in [-0.1, -0.05) is 12.1 Å². The highest BCUT2D eigenvalue weighted by Gasteiger charge is 2.20. The van der Waals surface area contributed by atoms with E-state index >= 15 is 0 Å². The van der Waals surface area contributed by atoms with Crippen molar-refractivity contribution in [2.75, 3.05) is 41.5 Å². The second-order valence-corrected chi connectivity index (χ2v) is 7.51. The van der Waals surface area contributed by atoms with Crippen molar-refractivity contribution in [3.05, 3.63) is 54.2 Å². The van der Waals surface area contributed by atoms with Crippen LogP contribution in [0.5, 0.6) is 17.2 Å². The lowest BCUT2D eigenvalue weighted by Crippen LogP contribution is -2.30. The Hall–Kier alpha value is -4.11. The Kier molecular flexibility index (Phi) is 6.93. The van der Waals surface area contributed by atoms with E-state index in [2.05, 4.69) is 25.8 Å². The molecule has 176 valence electrons. The third kappa shape index (κ3) is 4.38. The molecule has 2 heterocycles. The minimum atomic E-state index is -0.126. The summed E-state index contributed by atoms with van der Waals surface area (Å²) in [4.78, 5) is 17.0. The van der Waals surface area contributed by atoms with E-state index in [0.29, 0.717) is 47.2 Å². The highest BCUT2D eigenvalue weighted by atomic mass is 16.5. The Labute approximate surface area is 197 Å². The highest BCUT2D eigenvalue weighted by Crippen LogP contribution is 2.43. The van der Waals surface area contributed by atoms with Crippen LogP contribution in [-0.4, -0.2) is 62.6 Å². The summed E-state index contributed by atoms with van der Waals surface area (Å²) >= 11 is 0. The first-order valence-corrected chi connectivity index (χ1v) is 10.8. The predicted molar refractivity (Wildman–Crippen MR) is 131 cm³/mol. The Balaban J connectivity index is 1.82. The van der Waals surface area contributed by atoms with E-state index in [-0.39, 0.29) is 5.91 Å². The third-order valence-corrected chi connectivity index (χ3v) is 5.50. The van der Waals surface area contributed by atoms with Crippen molar-refractivity contribution in [1.29, 1.82) is 0 Å². The maximum absolute atomic E-state index is 12.6. The number of hydrogen-bond donors (Lipinski definition) is 3. The molecule has 0 saturated heterocycles. The van der Waals surface area contributed by atoms with Gasteiger partial charge in [0.15, 0.2) is 17.1 Å². The number of methoxy groups -OCH3 is 3. The van der Waals surface area contributed by atoms with Crippen LogP contribution in [0.2, 0.25) is 0 Å². The second kappa shape index (κ2) is 10.2. The molecule has 0 bridgehead atoms. The van der Waals surface area contributed by atoms with Gasteiger partial charge < -0.3 is 24.8 Å². The van der Waals surface area contributed by atoms with Crippen LogP contribution in [-0.2, 0) is 0 Å². The number of likely N-dealkylation sites (N-methyl/N-ethyl adjacent to an activating group) is 1. The van der Waals surface area contributed by atoms with Crippen molar-refractivity contribution in [3.63, 3.8) is 0 Å². The van der Waals surface area contributed by atoms with Gasteiger partial charge >= 0.3 is 0 Å². The average Bonchev–Trinajstić information content (AvgIpc) is 3.32. The van der Waals surface area contributed by atoms with Gasteiger partial charge in [-0.05, 0) is 48.5 Å². The number of ether oxygens (including phenoxy) is 3. The van der Waals surface area contributed by atoms with Crippen LogP contribution in [0.15, 0.2) is 48.7 Å². The fourth-order valence-corrected chi connectivity index (χ4v) is 3.85. The summed E-state index contributed by atoms with van der Waals surface area (Å²) in [7, 11) is 6.56. The Morgan fingerprint density at radius 3 is 2.41 bits per heavy atom. The lowest BCUT2D eigenvalue weighted by atomic mass is 9.98. The van der Waals surface area contributed by atoms with Crippen molar-refractivity contribution in [2.24, 2.45) is 0 Å². The lowest BCUT2D eigenvalue weighted by molar-refractivity contribution is 0.0954. The van der Waals surface area contributed by atoms with Gasteiger partial charge in [0.25, 0.3) is 5.91 Å². The number of benzene rings is 2. The first kappa shape index (κ1) is 23.1. The molecule has 0 aliphatic carbocycles. The molecule has 1 amide bonds. The second-order valence-electron chi connectivity index (χ2n) is 7.51. The number of nitrogens with one attached hydrogen (secondary N) is 3. The van der Waals surface area contributed by atoms with E-state index in [9.17, 15) is 4.79 Å². The summed E-state index contributed by atoms with van der Waals surface area (Å²) in [5, 5.41) is 14.3. The number of hydrogen-bond acceptors (Lipinski definition) is 7. The molecule has 0 atom stereocenters. The Bertz CT molecular complexity index is 1290. The number of nitrogens with zero attached hydrogens (tertiary/aromatic N) is 2. The number of carbonyl (C=O) groups is 1. The van der Waals surface area contributed by atoms with Crippen LogP contribution in [0.3, 0.4) is 0 Å². The van der Waals surface area contributed by atoms with Crippen LogP contribution < -0.4 is 24.8 Å². The monoisotopic (exact) mass is 461 g/mol. The SMILES string of the molecule is CNCCNC(=O)c1cccc(-c2ccnc3[nH]nc(-c4cc(OC)c(OC)c(OC)c4)c23)c1. The largest absolute Gasteiger partial charge is 0.493 e. The molecule has 34 heavy (non-hydrogen) atoms. The minimum absolute atomic E-state index is 0.126.